The van der Waals surface area contributed by atoms with E-state index in [1.165, 1.54) is 25.3 Å². The van der Waals surface area contributed by atoms with Gasteiger partial charge in [0.15, 0.2) is 5.78 Å². The average Bonchev–Trinajstić information content (AvgIpc) is 2.89. The zero-order chi connectivity index (χ0) is 25.1. The van der Waals surface area contributed by atoms with Crippen molar-refractivity contribution in [1.29, 1.82) is 0 Å². The Morgan fingerprint density at radius 1 is 0.917 bits per heavy atom. The Labute approximate surface area is 212 Å². The number of ether oxygens (including phenoxy) is 2. The topological polar surface area (TPSA) is 79.2 Å². The molecule has 0 bridgehead atoms. The van der Waals surface area contributed by atoms with Crippen LogP contribution in [0.5, 0.6) is 23.0 Å². The van der Waals surface area contributed by atoms with Crippen molar-refractivity contribution < 1.29 is 24.5 Å². The SMILES string of the molecule is CCc1cc(O)cc2c1C(=O)[C@@H](c1ccc(O)cc1)[C@@H](c1ccc(OCCN3CCCCC3)cc1)O2. The second kappa shape index (κ2) is 10.6. The van der Waals surface area contributed by atoms with E-state index in [-0.39, 0.29) is 17.3 Å². The van der Waals surface area contributed by atoms with Crippen LogP contribution in [0, 0.1) is 0 Å². The van der Waals surface area contributed by atoms with Crippen LogP contribution in [-0.2, 0) is 6.42 Å². The van der Waals surface area contributed by atoms with Gasteiger partial charge in [-0.05, 0) is 79.4 Å². The van der Waals surface area contributed by atoms with Crippen molar-refractivity contribution in [3.63, 3.8) is 0 Å². The van der Waals surface area contributed by atoms with Gasteiger partial charge in [-0.25, -0.2) is 0 Å². The quantitative estimate of drug-likeness (QED) is 0.450. The van der Waals surface area contributed by atoms with Gasteiger partial charge in [0.1, 0.15) is 35.7 Å². The zero-order valence-electron chi connectivity index (χ0n) is 20.7. The second-order valence-corrected chi connectivity index (χ2v) is 9.62. The molecule has 0 aromatic heterocycles. The molecule has 0 unspecified atom stereocenters. The van der Waals surface area contributed by atoms with E-state index in [0.29, 0.717) is 24.3 Å². The number of phenols is 2. The molecule has 0 amide bonds. The fraction of sp³-hybridized carbons (Fsp3) is 0.367. The van der Waals surface area contributed by atoms with Gasteiger partial charge in [0.2, 0.25) is 0 Å². The van der Waals surface area contributed by atoms with E-state index in [1.807, 2.05) is 31.2 Å². The third-order valence-electron chi connectivity index (χ3n) is 7.22. The summed E-state index contributed by atoms with van der Waals surface area (Å²) in [5.74, 6) is 0.774. The van der Waals surface area contributed by atoms with Crippen LogP contribution in [0.1, 0.15) is 65.3 Å². The van der Waals surface area contributed by atoms with Crippen molar-refractivity contribution in [2.24, 2.45) is 0 Å². The number of hydrogen-bond donors (Lipinski definition) is 2. The minimum atomic E-state index is -0.584. The minimum absolute atomic E-state index is 0.0503. The highest BCUT2D eigenvalue weighted by molar-refractivity contribution is 6.06. The molecule has 6 heteroatoms. The monoisotopic (exact) mass is 487 g/mol. The van der Waals surface area contributed by atoms with Crippen molar-refractivity contribution in [1.82, 2.24) is 4.90 Å². The van der Waals surface area contributed by atoms with Gasteiger partial charge >= 0.3 is 0 Å². The number of piperidine rings is 1. The van der Waals surface area contributed by atoms with Crippen molar-refractivity contribution >= 4 is 5.78 Å². The van der Waals surface area contributed by atoms with Crippen LogP contribution in [0.25, 0.3) is 0 Å². The molecule has 6 nitrogen and oxygen atoms in total. The van der Waals surface area contributed by atoms with E-state index in [0.717, 1.165) is 42.1 Å². The molecule has 3 aromatic carbocycles. The summed E-state index contributed by atoms with van der Waals surface area (Å²) in [6, 6.07) is 17.6. The molecular formula is C30H33NO5. The summed E-state index contributed by atoms with van der Waals surface area (Å²) in [5, 5.41) is 20.0. The van der Waals surface area contributed by atoms with E-state index in [4.69, 9.17) is 9.47 Å². The van der Waals surface area contributed by atoms with Crippen LogP contribution in [-0.4, -0.2) is 47.1 Å². The summed E-state index contributed by atoms with van der Waals surface area (Å²) in [7, 11) is 0. The maximum Gasteiger partial charge on any atom is 0.178 e. The first-order valence-electron chi connectivity index (χ1n) is 12.8. The number of Topliss-reactive ketones (excluding diaryl/α,β-unsaturated/α-hetero) is 1. The normalized spacial score (nSPS) is 20.0. The molecular weight excluding hydrogens is 454 g/mol. The molecule has 5 rings (SSSR count). The number of nitrogens with zero attached hydrogens (tertiary/aromatic N) is 1. The first-order valence-corrected chi connectivity index (χ1v) is 12.8. The van der Waals surface area contributed by atoms with Gasteiger partial charge in [0.25, 0.3) is 0 Å². The number of phenolic OH excluding ortho intramolecular Hbond substituents is 2. The molecule has 2 aliphatic rings. The average molecular weight is 488 g/mol. The molecule has 0 radical (unpaired) electrons. The van der Waals surface area contributed by atoms with E-state index < -0.39 is 12.0 Å². The largest absolute Gasteiger partial charge is 0.508 e. The molecule has 2 atom stereocenters. The van der Waals surface area contributed by atoms with Crippen LogP contribution in [0.15, 0.2) is 60.7 Å². The maximum absolute atomic E-state index is 13.9. The number of rotatable bonds is 7. The summed E-state index contributed by atoms with van der Waals surface area (Å²) in [6.07, 6.45) is 3.86. The number of hydrogen-bond acceptors (Lipinski definition) is 6. The molecule has 2 heterocycles. The van der Waals surface area contributed by atoms with Crippen molar-refractivity contribution in [3.05, 3.63) is 82.9 Å². The number of aryl methyl sites for hydroxylation is 1. The van der Waals surface area contributed by atoms with Crippen molar-refractivity contribution in [2.45, 2.75) is 44.6 Å². The Kier molecular flexibility index (Phi) is 7.14. The molecule has 1 fully saturated rings. The zero-order valence-corrected chi connectivity index (χ0v) is 20.7. The van der Waals surface area contributed by atoms with Gasteiger partial charge in [-0.3, -0.25) is 9.69 Å². The number of carbonyl (C=O) groups is 1. The number of likely N-dealkylation sites (tertiary alicyclic amines) is 1. The van der Waals surface area contributed by atoms with E-state index in [9.17, 15) is 15.0 Å². The van der Waals surface area contributed by atoms with Crippen LogP contribution < -0.4 is 9.47 Å². The van der Waals surface area contributed by atoms with E-state index in [1.54, 1.807) is 30.3 Å². The fourth-order valence-electron chi connectivity index (χ4n) is 5.30. The Bertz CT molecular complexity index is 1200. The fourth-order valence-corrected chi connectivity index (χ4v) is 5.30. The second-order valence-electron chi connectivity index (χ2n) is 9.62. The maximum atomic E-state index is 13.9. The summed E-state index contributed by atoms with van der Waals surface area (Å²) >= 11 is 0. The third kappa shape index (κ3) is 5.05. The Hall–Kier alpha value is -3.51. The van der Waals surface area contributed by atoms with Gasteiger partial charge in [0, 0.05) is 12.6 Å². The van der Waals surface area contributed by atoms with E-state index in [2.05, 4.69) is 4.90 Å². The number of ketones is 1. The highest BCUT2D eigenvalue weighted by Gasteiger charge is 2.40. The summed E-state index contributed by atoms with van der Waals surface area (Å²) < 4.78 is 12.4. The number of benzene rings is 3. The molecule has 0 spiro atoms. The number of fused-ring (bicyclic) bond motifs is 1. The van der Waals surface area contributed by atoms with E-state index >= 15 is 0 Å². The number of aromatic hydroxyl groups is 2. The molecule has 36 heavy (non-hydrogen) atoms. The lowest BCUT2D eigenvalue weighted by Crippen LogP contribution is -2.33. The van der Waals surface area contributed by atoms with Gasteiger partial charge in [0.05, 0.1) is 11.5 Å². The molecule has 2 aliphatic heterocycles. The van der Waals surface area contributed by atoms with Crippen LogP contribution in [0.3, 0.4) is 0 Å². The first-order chi connectivity index (χ1) is 17.5. The lowest BCUT2D eigenvalue weighted by molar-refractivity contribution is 0.0779. The molecule has 0 aliphatic carbocycles. The minimum Gasteiger partial charge on any atom is -0.508 e. The Morgan fingerprint density at radius 2 is 1.61 bits per heavy atom. The summed E-state index contributed by atoms with van der Waals surface area (Å²) in [6.45, 7) is 5.80. The molecule has 1 saturated heterocycles. The lowest BCUT2D eigenvalue weighted by atomic mass is 9.79. The van der Waals surface area contributed by atoms with Crippen molar-refractivity contribution in [3.8, 4) is 23.0 Å². The van der Waals surface area contributed by atoms with Crippen molar-refractivity contribution in [2.75, 3.05) is 26.2 Å². The van der Waals surface area contributed by atoms with Crippen LogP contribution >= 0.6 is 0 Å². The molecule has 0 saturated carbocycles. The highest BCUT2D eigenvalue weighted by atomic mass is 16.5. The van der Waals surface area contributed by atoms with Gasteiger partial charge < -0.3 is 19.7 Å². The Balaban J connectivity index is 1.41. The van der Waals surface area contributed by atoms with Crippen LogP contribution in [0.2, 0.25) is 0 Å². The molecule has 2 N–H and O–H groups in total. The smallest absolute Gasteiger partial charge is 0.178 e. The van der Waals surface area contributed by atoms with Gasteiger partial charge in [-0.15, -0.1) is 0 Å². The Morgan fingerprint density at radius 3 is 2.31 bits per heavy atom. The lowest BCUT2D eigenvalue weighted by Gasteiger charge is -2.34. The standard InChI is InChI=1S/C30H33NO5/c1-2-20-18-24(33)19-26-27(20)29(34)28(21-6-10-23(32)11-7-21)30(36-26)22-8-12-25(13-9-22)35-17-16-31-14-4-3-5-15-31/h6-13,18-19,28,30,32-33H,2-5,14-17H2,1H3/t28-,30-/m1/s1. The highest BCUT2D eigenvalue weighted by Crippen LogP contribution is 2.46. The van der Waals surface area contributed by atoms with Gasteiger partial charge in [-0.2, -0.15) is 0 Å². The number of carbonyl (C=O) groups excluding carboxylic acids is 1. The first kappa shape index (κ1) is 24.2. The summed E-state index contributed by atoms with van der Waals surface area (Å²) in [5.41, 5.74) is 2.89. The molecule has 188 valence electrons. The third-order valence-corrected chi connectivity index (χ3v) is 7.22. The summed E-state index contributed by atoms with van der Waals surface area (Å²) in [4.78, 5) is 16.3. The predicted octanol–water partition coefficient (Wildman–Crippen LogP) is 5.63. The predicted molar refractivity (Wildman–Crippen MR) is 138 cm³/mol. The van der Waals surface area contributed by atoms with Gasteiger partial charge in [-0.1, -0.05) is 37.6 Å². The molecule has 3 aromatic rings. The van der Waals surface area contributed by atoms with Crippen LogP contribution in [0.4, 0.5) is 0 Å².